The summed E-state index contributed by atoms with van der Waals surface area (Å²) in [4.78, 5) is 14.5. The lowest BCUT2D eigenvalue weighted by molar-refractivity contribution is -0.121. The van der Waals surface area contributed by atoms with Crippen molar-refractivity contribution in [3.05, 3.63) is 59.1 Å². The predicted molar refractivity (Wildman–Crippen MR) is 101 cm³/mol. The summed E-state index contributed by atoms with van der Waals surface area (Å²) in [6.45, 7) is 3.95. The highest BCUT2D eigenvalue weighted by Crippen LogP contribution is 2.37. The Bertz CT molecular complexity index is 721. The topological polar surface area (TPSA) is 41.6 Å². The SMILES string of the molecule is CCCNC(=O)C[C@@H]1COc2ccc(Cl)cc2N1Cc1ccccc1. The molecule has 1 atom stereocenters. The summed E-state index contributed by atoms with van der Waals surface area (Å²) < 4.78 is 5.88. The van der Waals surface area contributed by atoms with E-state index in [9.17, 15) is 4.79 Å². The van der Waals surface area contributed by atoms with Gasteiger partial charge in [-0.15, -0.1) is 0 Å². The Labute approximate surface area is 153 Å². The van der Waals surface area contributed by atoms with Gasteiger partial charge in [-0.25, -0.2) is 0 Å². The predicted octanol–water partition coefficient (Wildman–Crippen LogP) is 4.02. The molecule has 1 amide bonds. The quantitative estimate of drug-likeness (QED) is 0.847. The lowest BCUT2D eigenvalue weighted by atomic mass is 10.1. The molecule has 2 aromatic rings. The molecular weight excluding hydrogens is 336 g/mol. The number of halogens is 1. The number of ether oxygens (including phenoxy) is 1. The zero-order valence-corrected chi connectivity index (χ0v) is 15.1. The standard InChI is InChI=1S/C20H23ClN2O2/c1-2-10-22-20(24)12-17-14-25-19-9-8-16(21)11-18(19)23(17)13-15-6-4-3-5-7-15/h3-9,11,17H,2,10,12-14H2,1H3,(H,22,24)/t17-/m1/s1. The molecule has 0 saturated heterocycles. The fourth-order valence-electron chi connectivity index (χ4n) is 3.02. The molecule has 5 heteroatoms. The molecule has 2 aromatic carbocycles. The maximum atomic E-state index is 12.2. The van der Waals surface area contributed by atoms with E-state index < -0.39 is 0 Å². The molecule has 1 aliphatic rings. The van der Waals surface area contributed by atoms with Crippen molar-refractivity contribution in [3.8, 4) is 5.75 Å². The Kier molecular flexibility index (Phi) is 5.82. The van der Waals surface area contributed by atoms with Gasteiger partial charge < -0.3 is 15.0 Å². The lowest BCUT2D eigenvalue weighted by Crippen LogP contribution is -2.45. The van der Waals surface area contributed by atoms with Crippen molar-refractivity contribution in [1.82, 2.24) is 5.32 Å². The molecule has 132 valence electrons. The van der Waals surface area contributed by atoms with E-state index in [1.807, 2.05) is 43.3 Å². The number of nitrogens with one attached hydrogen (secondary N) is 1. The minimum Gasteiger partial charge on any atom is -0.489 e. The zero-order valence-electron chi connectivity index (χ0n) is 14.4. The van der Waals surface area contributed by atoms with Crippen LogP contribution in [-0.4, -0.2) is 25.1 Å². The van der Waals surface area contributed by atoms with Gasteiger partial charge in [-0.1, -0.05) is 48.9 Å². The number of carbonyl (C=O) groups is 1. The number of anilines is 1. The van der Waals surface area contributed by atoms with Crippen LogP contribution in [0.25, 0.3) is 0 Å². The van der Waals surface area contributed by atoms with Gasteiger partial charge in [-0.05, 0) is 30.2 Å². The number of carbonyl (C=O) groups excluding carboxylic acids is 1. The Balaban J connectivity index is 1.85. The first-order valence-electron chi connectivity index (χ1n) is 8.67. The van der Waals surface area contributed by atoms with Gasteiger partial charge in [0.15, 0.2) is 0 Å². The van der Waals surface area contributed by atoms with E-state index in [1.165, 1.54) is 5.56 Å². The zero-order chi connectivity index (χ0) is 17.6. The number of rotatable bonds is 6. The Hall–Kier alpha value is -2.20. The van der Waals surface area contributed by atoms with E-state index in [4.69, 9.17) is 16.3 Å². The molecule has 1 heterocycles. The first-order chi connectivity index (χ1) is 12.2. The molecule has 0 bridgehead atoms. The van der Waals surface area contributed by atoms with Crippen LogP contribution in [0.2, 0.25) is 5.02 Å². The van der Waals surface area contributed by atoms with Crippen LogP contribution in [-0.2, 0) is 11.3 Å². The summed E-state index contributed by atoms with van der Waals surface area (Å²) in [5.41, 5.74) is 2.13. The Morgan fingerprint density at radius 1 is 1.28 bits per heavy atom. The number of amides is 1. The van der Waals surface area contributed by atoms with Crippen LogP contribution in [0.1, 0.15) is 25.3 Å². The largest absolute Gasteiger partial charge is 0.489 e. The van der Waals surface area contributed by atoms with Crippen molar-refractivity contribution >= 4 is 23.2 Å². The summed E-state index contributed by atoms with van der Waals surface area (Å²) in [6.07, 6.45) is 1.33. The van der Waals surface area contributed by atoms with Crippen LogP contribution >= 0.6 is 11.6 Å². The fraction of sp³-hybridized carbons (Fsp3) is 0.350. The molecule has 25 heavy (non-hydrogen) atoms. The second-order valence-electron chi connectivity index (χ2n) is 6.24. The Morgan fingerprint density at radius 2 is 2.08 bits per heavy atom. The third kappa shape index (κ3) is 4.45. The van der Waals surface area contributed by atoms with Gasteiger partial charge in [0.2, 0.25) is 5.91 Å². The fourth-order valence-corrected chi connectivity index (χ4v) is 3.19. The highest BCUT2D eigenvalue weighted by Gasteiger charge is 2.29. The van der Waals surface area contributed by atoms with Crippen molar-refractivity contribution < 1.29 is 9.53 Å². The third-order valence-corrected chi connectivity index (χ3v) is 4.53. The number of nitrogens with zero attached hydrogens (tertiary/aromatic N) is 1. The monoisotopic (exact) mass is 358 g/mol. The van der Waals surface area contributed by atoms with E-state index >= 15 is 0 Å². The van der Waals surface area contributed by atoms with Gasteiger partial charge in [0.25, 0.3) is 0 Å². The van der Waals surface area contributed by atoms with Crippen LogP contribution in [0.5, 0.6) is 5.75 Å². The van der Waals surface area contributed by atoms with Gasteiger partial charge in [0, 0.05) is 18.1 Å². The van der Waals surface area contributed by atoms with Crippen molar-refractivity contribution in [2.45, 2.75) is 32.4 Å². The maximum absolute atomic E-state index is 12.2. The molecule has 1 aliphatic heterocycles. The molecule has 0 aromatic heterocycles. The van der Waals surface area contributed by atoms with Crippen LogP contribution < -0.4 is 15.0 Å². The molecule has 4 nitrogen and oxygen atoms in total. The summed E-state index contributed by atoms with van der Waals surface area (Å²) in [6, 6.07) is 15.8. The van der Waals surface area contributed by atoms with Crippen LogP contribution in [0.4, 0.5) is 5.69 Å². The maximum Gasteiger partial charge on any atom is 0.222 e. The van der Waals surface area contributed by atoms with Gasteiger partial charge in [0.05, 0.1) is 18.2 Å². The molecule has 0 spiro atoms. The Morgan fingerprint density at radius 3 is 2.84 bits per heavy atom. The molecule has 1 N–H and O–H groups in total. The van der Waals surface area contributed by atoms with Gasteiger partial charge in [0.1, 0.15) is 12.4 Å². The molecular formula is C20H23ClN2O2. The van der Waals surface area contributed by atoms with E-state index in [0.29, 0.717) is 31.1 Å². The molecule has 0 aliphatic carbocycles. The minimum atomic E-state index is -0.0250. The number of hydrogen-bond donors (Lipinski definition) is 1. The minimum absolute atomic E-state index is 0.0250. The second-order valence-corrected chi connectivity index (χ2v) is 6.68. The number of fused-ring (bicyclic) bond motifs is 1. The normalized spacial score (nSPS) is 16.1. The van der Waals surface area contributed by atoms with E-state index in [1.54, 1.807) is 0 Å². The van der Waals surface area contributed by atoms with Crippen molar-refractivity contribution in [2.75, 3.05) is 18.1 Å². The number of benzene rings is 2. The highest BCUT2D eigenvalue weighted by molar-refractivity contribution is 6.31. The van der Waals surface area contributed by atoms with Crippen molar-refractivity contribution in [2.24, 2.45) is 0 Å². The highest BCUT2D eigenvalue weighted by atomic mass is 35.5. The first-order valence-corrected chi connectivity index (χ1v) is 9.04. The van der Waals surface area contributed by atoms with Crippen LogP contribution in [0.15, 0.2) is 48.5 Å². The summed E-state index contributed by atoms with van der Waals surface area (Å²) >= 11 is 6.21. The summed E-state index contributed by atoms with van der Waals surface area (Å²) in [5.74, 6) is 0.865. The smallest absolute Gasteiger partial charge is 0.222 e. The van der Waals surface area contributed by atoms with Gasteiger partial charge in [-0.2, -0.15) is 0 Å². The summed E-state index contributed by atoms with van der Waals surface area (Å²) in [7, 11) is 0. The van der Waals surface area contributed by atoms with E-state index in [2.05, 4.69) is 22.3 Å². The van der Waals surface area contributed by atoms with Crippen LogP contribution in [0, 0.1) is 0 Å². The molecule has 0 fully saturated rings. The first kappa shape index (κ1) is 17.6. The lowest BCUT2D eigenvalue weighted by Gasteiger charge is -2.38. The van der Waals surface area contributed by atoms with Gasteiger partial charge >= 0.3 is 0 Å². The van der Waals surface area contributed by atoms with E-state index in [-0.39, 0.29) is 11.9 Å². The van der Waals surface area contributed by atoms with Crippen molar-refractivity contribution in [3.63, 3.8) is 0 Å². The molecule has 0 radical (unpaired) electrons. The third-order valence-electron chi connectivity index (χ3n) is 4.29. The second kappa shape index (κ2) is 8.26. The van der Waals surface area contributed by atoms with Gasteiger partial charge in [-0.3, -0.25) is 4.79 Å². The van der Waals surface area contributed by atoms with E-state index in [0.717, 1.165) is 17.9 Å². The van der Waals surface area contributed by atoms with Crippen LogP contribution in [0.3, 0.4) is 0 Å². The average Bonchev–Trinajstić information content (AvgIpc) is 2.63. The molecule has 0 unspecified atom stereocenters. The molecule has 0 saturated carbocycles. The number of hydrogen-bond acceptors (Lipinski definition) is 3. The summed E-state index contributed by atoms with van der Waals surface area (Å²) in [5, 5.41) is 3.62. The average molecular weight is 359 g/mol. The molecule has 3 rings (SSSR count). The van der Waals surface area contributed by atoms with Crippen molar-refractivity contribution in [1.29, 1.82) is 0 Å².